The zero-order valence-electron chi connectivity index (χ0n) is 11.2. The Morgan fingerprint density at radius 2 is 2.00 bits per heavy atom. The molecule has 0 aliphatic carbocycles. The first kappa shape index (κ1) is 13.3. The van der Waals surface area contributed by atoms with Crippen LogP contribution < -0.4 is 0 Å². The molecule has 0 radical (unpaired) electrons. The highest BCUT2D eigenvalue weighted by Gasteiger charge is 2.23. The summed E-state index contributed by atoms with van der Waals surface area (Å²) in [5.41, 5.74) is 1.96. The van der Waals surface area contributed by atoms with Gasteiger partial charge in [-0.05, 0) is 11.5 Å². The quantitative estimate of drug-likeness (QED) is 0.897. The fourth-order valence-electron chi connectivity index (χ4n) is 2.16. The lowest BCUT2D eigenvalue weighted by atomic mass is 10.0. The van der Waals surface area contributed by atoms with E-state index in [9.17, 15) is 9.90 Å². The Kier molecular flexibility index (Phi) is 4.00. The van der Waals surface area contributed by atoms with Gasteiger partial charge in [-0.15, -0.1) is 0 Å². The molecule has 0 saturated heterocycles. The van der Waals surface area contributed by atoms with Gasteiger partial charge in [0, 0.05) is 18.3 Å². The first-order valence-electron chi connectivity index (χ1n) is 6.38. The maximum atomic E-state index is 11.5. The zero-order chi connectivity index (χ0) is 13.8. The molecule has 0 aliphatic heterocycles. The van der Waals surface area contributed by atoms with E-state index in [1.54, 1.807) is 17.1 Å². The van der Waals surface area contributed by atoms with Crippen LogP contribution in [0.3, 0.4) is 0 Å². The van der Waals surface area contributed by atoms with Crippen molar-refractivity contribution in [2.45, 2.75) is 32.2 Å². The lowest BCUT2D eigenvalue weighted by Crippen LogP contribution is -2.23. The summed E-state index contributed by atoms with van der Waals surface area (Å²) in [6.07, 6.45) is 3.81. The van der Waals surface area contributed by atoms with Crippen LogP contribution in [0.1, 0.15) is 37.1 Å². The molecule has 1 aromatic heterocycles. The summed E-state index contributed by atoms with van der Waals surface area (Å²) in [4.78, 5) is 15.6. The standard InChI is InChI=1S/C15H18N2O2/c1-11(2)14-9-16-10-17(14)13(15(18)19)8-12-6-4-3-5-7-12/h3-7,9-11,13H,8H2,1-2H3,(H,18,19). The van der Waals surface area contributed by atoms with Gasteiger partial charge in [0.1, 0.15) is 6.04 Å². The van der Waals surface area contributed by atoms with Gasteiger partial charge in [0.25, 0.3) is 0 Å². The molecule has 2 aromatic rings. The number of rotatable bonds is 5. The minimum Gasteiger partial charge on any atom is -0.480 e. The van der Waals surface area contributed by atoms with Gasteiger partial charge in [-0.25, -0.2) is 9.78 Å². The van der Waals surface area contributed by atoms with Crippen LogP contribution in [0, 0.1) is 0 Å². The van der Waals surface area contributed by atoms with Crippen molar-refractivity contribution >= 4 is 5.97 Å². The molecule has 1 aromatic carbocycles. The number of benzene rings is 1. The van der Waals surface area contributed by atoms with E-state index in [1.165, 1.54) is 0 Å². The summed E-state index contributed by atoms with van der Waals surface area (Å²) in [6, 6.07) is 9.05. The molecule has 2 rings (SSSR count). The Morgan fingerprint density at radius 1 is 1.32 bits per heavy atom. The normalized spacial score (nSPS) is 12.6. The van der Waals surface area contributed by atoms with E-state index in [4.69, 9.17) is 0 Å². The Hall–Kier alpha value is -2.10. The number of carboxylic acids is 1. The van der Waals surface area contributed by atoms with E-state index in [0.29, 0.717) is 6.42 Å². The average Bonchev–Trinajstić information content (AvgIpc) is 2.86. The molecule has 0 saturated carbocycles. The summed E-state index contributed by atoms with van der Waals surface area (Å²) >= 11 is 0. The van der Waals surface area contributed by atoms with Crippen molar-refractivity contribution in [1.29, 1.82) is 0 Å². The number of hydrogen-bond donors (Lipinski definition) is 1. The van der Waals surface area contributed by atoms with E-state index < -0.39 is 12.0 Å². The highest BCUT2D eigenvalue weighted by molar-refractivity contribution is 5.72. The van der Waals surface area contributed by atoms with Crippen LogP contribution in [-0.4, -0.2) is 20.6 Å². The van der Waals surface area contributed by atoms with Crippen molar-refractivity contribution in [3.63, 3.8) is 0 Å². The largest absolute Gasteiger partial charge is 0.480 e. The molecule has 0 aliphatic rings. The van der Waals surface area contributed by atoms with Crippen LogP contribution in [-0.2, 0) is 11.2 Å². The Labute approximate surface area is 112 Å². The van der Waals surface area contributed by atoms with E-state index in [1.807, 2.05) is 44.2 Å². The summed E-state index contributed by atoms with van der Waals surface area (Å²) in [7, 11) is 0. The molecule has 1 atom stereocenters. The highest BCUT2D eigenvalue weighted by atomic mass is 16.4. The molecule has 0 bridgehead atoms. The van der Waals surface area contributed by atoms with Gasteiger partial charge in [0.05, 0.1) is 6.33 Å². The molecule has 0 amide bonds. The number of nitrogens with zero attached hydrogens (tertiary/aromatic N) is 2. The van der Waals surface area contributed by atoms with Crippen LogP contribution in [0.2, 0.25) is 0 Å². The number of imidazole rings is 1. The fraction of sp³-hybridized carbons (Fsp3) is 0.333. The van der Waals surface area contributed by atoms with Crippen molar-refractivity contribution in [3.8, 4) is 0 Å². The maximum absolute atomic E-state index is 11.5. The van der Waals surface area contributed by atoms with E-state index >= 15 is 0 Å². The summed E-state index contributed by atoms with van der Waals surface area (Å²) in [6.45, 7) is 4.07. The number of carbonyl (C=O) groups is 1. The first-order valence-corrected chi connectivity index (χ1v) is 6.38. The van der Waals surface area contributed by atoms with Crippen LogP contribution in [0.5, 0.6) is 0 Å². The molecule has 1 N–H and O–H groups in total. The maximum Gasteiger partial charge on any atom is 0.327 e. The number of carboxylic acid groups (broad SMARTS) is 1. The predicted octanol–water partition coefficient (Wildman–Crippen LogP) is 2.87. The topological polar surface area (TPSA) is 55.1 Å². The minimum atomic E-state index is -0.830. The number of hydrogen-bond acceptors (Lipinski definition) is 2. The molecule has 4 heteroatoms. The highest BCUT2D eigenvalue weighted by Crippen LogP contribution is 2.21. The average molecular weight is 258 g/mol. The molecule has 19 heavy (non-hydrogen) atoms. The van der Waals surface area contributed by atoms with Gasteiger partial charge >= 0.3 is 5.97 Å². The Bertz CT molecular complexity index is 546. The molecule has 4 nitrogen and oxygen atoms in total. The van der Waals surface area contributed by atoms with Crippen molar-refractivity contribution in [2.75, 3.05) is 0 Å². The predicted molar refractivity (Wildman–Crippen MR) is 73.1 cm³/mol. The van der Waals surface area contributed by atoms with Gasteiger partial charge < -0.3 is 9.67 Å². The van der Waals surface area contributed by atoms with Crippen molar-refractivity contribution in [2.24, 2.45) is 0 Å². The third kappa shape index (κ3) is 3.02. The fourth-order valence-corrected chi connectivity index (χ4v) is 2.16. The molecule has 1 heterocycles. The van der Waals surface area contributed by atoms with Gasteiger partial charge in [-0.3, -0.25) is 0 Å². The van der Waals surface area contributed by atoms with Crippen LogP contribution in [0.25, 0.3) is 0 Å². The first-order chi connectivity index (χ1) is 9.09. The molecular weight excluding hydrogens is 240 g/mol. The van der Waals surface area contributed by atoms with Crippen molar-refractivity contribution in [3.05, 3.63) is 54.1 Å². The molecule has 1 unspecified atom stereocenters. The second kappa shape index (κ2) is 5.69. The van der Waals surface area contributed by atoms with Crippen LogP contribution >= 0.6 is 0 Å². The van der Waals surface area contributed by atoms with E-state index in [2.05, 4.69) is 4.98 Å². The van der Waals surface area contributed by atoms with Crippen molar-refractivity contribution in [1.82, 2.24) is 9.55 Å². The third-order valence-electron chi connectivity index (χ3n) is 3.18. The second-order valence-electron chi connectivity index (χ2n) is 4.92. The summed E-state index contributed by atoms with van der Waals surface area (Å²) < 4.78 is 1.76. The second-order valence-corrected chi connectivity index (χ2v) is 4.92. The summed E-state index contributed by atoms with van der Waals surface area (Å²) in [5.74, 6) is -0.580. The third-order valence-corrected chi connectivity index (χ3v) is 3.18. The lowest BCUT2D eigenvalue weighted by Gasteiger charge is -2.18. The van der Waals surface area contributed by atoms with Crippen LogP contribution in [0.4, 0.5) is 0 Å². The summed E-state index contributed by atoms with van der Waals surface area (Å²) in [5, 5.41) is 9.46. The van der Waals surface area contributed by atoms with Gasteiger partial charge in [-0.1, -0.05) is 44.2 Å². The van der Waals surface area contributed by atoms with Crippen molar-refractivity contribution < 1.29 is 9.90 Å². The monoisotopic (exact) mass is 258 g/mol. The van der Waals surface area contributed by atoms with E-state index in [-0.39, 0.29) is 5.92 Å². The van der Waals surface area contributed by atoms with Gasteiger partial charge in [-0.2, -0.15) is 0 Å². The van der Waals surface area contributed by atoms with Gasteiger partial charge in [0.15, 0.2) is 0 Å². The van der Waals surface area contributed by atoms with Crippen LogP contribution in [0.15, 0.2) is 42.9 Å². The van der Waals surface area contributed by atoms with E-state index in [0.717, 1.165) is 11.3 Å². The van der Waals surface area contributed by atoms with Gasteiger partial charge in [0.2, 0.25) is 0 Å². The molecular formula is C15H18N2O2. The Morgan fingerprint density at radius 3 is 2.58 bits per heavy atom. The minimum absolute atomic E-state index is 0.250. The Balaban J connectivity index is 2.30. The molecule has 0 spiro atoms. The smallest absolute Gasteiger partial charge is 0.327 e. The number of aromatic nitrogens is 2. The molecule has 0 fully saturated rings. The molecule has 100 valence electrons. The zero-order valence-corrected chi connectivity index (χ0v) is 11.2. The SMILES string of the molecule is CC(C)c1cncn1C(Cc1ccccc1)C(=O)O. The number of aliphatic carboxylic acids is 1. The lowest BCUT2D eigenvalue weighted by molar-refractivity contribution is -0.140.